The highest BCUT2D eigenvalue weighted by molar-refractivity contribution is 6.13. The maximum absolute atomic E-state index is 8.04. The van der Waals surface area contributed by atoms with Gasteiger partial charge in [-0.2, -0.15) is 0 Å². The molecule has 306 valence electrons. The van der Waals surface area contributed by atoms with Crippen LogP contribution < -0.4 is 0 Å². The molecule has 1 heterocycles. The van der Waals surface area contributed by atoms with Crippen LogP contribution in [-0.2, 0) is 0 Å². The van der Waals surface area contributed by atoms with Crippen molar-refractivity contribution in [3.05, 3.63) is 242 Å². The van der Waals surface area contributed by atoms with Gasteiger partial charge in [0.05, 0.1) is 6.57 Å². The van der Waals surface area contributed by atoms with Crippen LogP contribution >= 0.6 is 0 Å². The van der Waals surface area contributed by atoms with E-state index in [1.807, 2.05) is 42.5 Å². The third-order valence-electron chi connectivity index (χ3n) is 12.8. The third kappa shape index (κ3) is 6.93. The molecule has 0 saturated heterocycles. The van der Waals surface area contributed by atoms with Gasteiger partial charge in [0.1, 0.15) is 0 Å². The number of rotatable bonds is 7. The zero-order valence-electron chi connectivity index (χ0n) is 35.7. The van der Waals surface area contributed by atoms with Crippen LogP contribution in [0, 0.1) is 6.57 Å². The van der Waals surface area contributed by atoms with E-state index in [4.69, 9.17) is 21.5 Å². The molecule has 0 aliphatic carbocycles. The van der Waals surface area contributed by atoms with Gasteiger partial charge in [-0.3, -0.25) is 0 Å². The Morgan fingerprint density at radius 1 is 0.258 bits per heavy atom. The summed E-state index contributed by atoms with van der Waals surface area (Å²) in [6.45, 7) is 8.04. The molecule has 0 amide bonds. The second-order valence-electron chi connectivity index (χ2n) is 16.6. The first-order valence-corrected chi connectivity index (χ1v) is 22.1. The van der Waals surface area contributed by atoms with Crippen molar-refractivity contribution in [1.29, 1.82) is 0 Å². The van der Waals surface area contributed by atoms with Gasteiger partial charge < -0.3 is 0 Å². The maximum atomic E-state index is 8.04. The Kier molecular flexibility index (Phi) is 9.51. The zero-order valence-corrected chi connectivity index (χ0v) is 35.7. The minimum absolute atomic E-state index is 0.585. The average molecular weight is 839 g/mol. The molecule has 66 heavy (non-hydrogen) atoms. The van der Waals surface area contributed by atoms with Gasteiger partial charge in [0, 0.05) is 16.7 Å². The van der Waals surface area contributed by atoms with Crippen molar-refractivity contribution in [3.8, 4) is 78.7 Å². The van der Waals surface area contributed by atoms with E-state index in [9.17, 15) is 0 Å². The van der Waals surface area contributed by atoms with Gasteiger partial charge in [-0.05, 0) is 106 Å². The molecule has 0 N–H and O–H groups in total. The normalized spacial score (nSPS) is 11.3. The summed E-state index contributed by atoms with van der Waals surface area (Å²) in [4.78, 5) is 19.1. The maximum Gasteiger partial charge on any atom is 0.188 e. The number of hydrogen-bond donors (Lipinski definition) is 0. The molecule has 0 atom stereocenters. The molecular formula is C62H38N4. The molecule has 0 radical (unpaired) electrons. The summed E-state index contributed by atoms with van der Waals surface area (Å²) in [5.74, 6) is 1.83. The number of nitrogens with zero attached hydrogens (tertiary/aromatic N) is 4. The number of benzene rings is 11. The van der Waals surface area contributed by atoms with Crippen LogP contribution in [0.5, 0.6) is 0 Å². The molecular weight excluding hydrogens is 801 g/mol. The molecule has 11 aromatic carbocycles. The quantitative estimate of drug-likeness (QED) is 0.119. The van der Waals surface area contributed by atoms with E-state index in [1.54, 1.807) is 0 Å². The lowest BCUT2D eigenvalue weighted by Gasteiger charge is -2.15. The highest BCUT2D eigenvalue weighted by Gasteiger charge is 2.17. The van der Waals surface area contributed by atoms with Crippen molar-refractivity contribution in [1.82, 2.24) is 15.0 Å². The van der Waals surface area contributed by atoms with Gasteiger partial charge in [-0.1, -0.05) is 212 Å². The smallest absolute Gasteiger partial charge is 0.188 e. The Balaban J connectivity index is 0.882. The fraction of sp³-hybridized carbons (Fsp3) is 0. The molecule has 0 bridgehead atoms. The summed E-state index contributed by atoms with van der Waals surface area (Å²) in [7, 11) is 0. The Morgan fingerprint density at radius 3 is 1.30 bits per heavy atom. The summed E-state index contributed by atoms with van der Waals surface area (Å²) >= 11 is 0. The predicted octanol–water partition coefficient (Wildman–Crippen LogP) is 16.7. The topological polar surface area (TPSA) is 43.0 Å². The monoisotopic (exact) mass is 838 g/mol. The molecule has 12 aromatic rings. The van der Waals surface area contributed by atoms with Gasteiger partial charge in [0.25, 0.3) is 0 Å². The summed E-state index contributed by atoms with van der Waals surface area (Å²) in [5, 5.41) is 9.63. The molecule has 4 nitrogen and oxygen atoms in total. The largest absolute Gasteiger partial charge is 0.238 e. The molecule has 0 aliphatic heterocycles. The van der Waals surface area contributed by atoms with Gasteiger partial charge >= 0.3 is 0 Å². The first kappa shape index (κ1) is 38.6. The first-order valence-electron chi connectivity index (χ1n) is 22.1. The SMILES string of the molecule is [C-]#[N+]c1cc(-c2ccc(-c3nc(-c4ccccc4)nc(-c4cccc5c4ccc4ccccc45)n3)cc2)cc(-c2ccc(-c3ccccc3-c3cccc4c3ccc3ccccc34)cc2)c1. The van der Waals surface area contributed by atoms with Crippen LogP contribution in [0.4, 0.5) is 5.69 Å². The fourth-order valence-electron chi connectivity index (χ4n) is 9.49. The van der Waals surface area contributed by atoms with Gasteiger partial charge in [0.15, 0.2) is 23.2 Å². The van der Waals surface area contributed by atoms with E-state index >= 15 is 0 Å². The minimum Gasteiger partial charge on any atom is -0.238 e. The van der Waals surface area contributed by atoms with Crippen molar-refractivity contribution in [3.63, 3.8) is 0 Å². The fourth-order valence-corrected chi connectivity index (χ4v) is 9.49. The summed E-state index contributed by atoms with van der Waals surface area (Å²) < 4.78 is 0. The van der Waals surface area contributed by atoms with Crippen LogP contribution in [0.2, 0.25) is 0 Å². The Morgan fingerprint density at radius 2 is 0.697 bits per heavy atom. The second kappa shape index (κ2) is 16.3. The molecule has 4 heteroatoms. The Bertz CT molecular complexity index is 3870. The summed E-state index contributed by atoms with van der Waals surface area (Å²) in [6.07, 6.45) is 0. The third-order valence-corrected chi connectivity index (χ3v) is 12.8. The number of hydrogen-bond acceptors (Lipinski definition) is 3. The lowest BCUT2D eigenvalue weighted by molar-refractivity contribution is 1.08. The lowest BCUT2D eigenvalue weighted by atomic mass is 9.89. The Hall–Kier alpha value is -9.04. The van der Waals surface area contributed by atoms with Crippen LogP contribution in [0.25, 0.3) is 127 Å². The van der Waals surface area contributed by atoms with Crippen molar-refractivity contribution in [2.45, 2.75) is 0 Å². The minimum atomic E-state index is 0.585. The Labute approximate surface area is 382 Å². The van der Waals surface area contributed by atoms with E-state index in [0.29, 0.717) is 23.2 Å². The van der Waals surface area contributed by atoms with Crippen molar-refractivity contribution < 1.29 is 0 Å². The second-order valence-corrected chi connectivity index (χ2v) is 16.6. The van der Waals surface area contributed by atoms with Crippen LogP contribution in [-0.4, -0.2) is 15.0 Å². The highest BCUT2D eigenvalue weighted by atomic mass is 15.0. The summed E-state index contributed by atoms with van der Waals surface area (Å²) in [6, 6.07) is 80.7. The van der Waals surface area contributed by atoms with Crippen LogP contribution in [0.3, 0.4) is 0 Å². The molecule has 0 spiro atoms. The number of aromatic nitrogens is 3. The van der Waals surface area contributed by atoms with Crippen LogP contribution in [0.1, 0.15) is 0 Å². The molecule has 0 saturated carbocycles. The van der Waals surface area contributed by atoms with Crippen molar-refractivity contribution in [2.75, 3.05) is 0 Å². The van der Waals surface area contributed by atoms with Gasteiger partial charge in [0.2, 0.25) is 0 Å². The summed E-state index contributed by atoms with van der Waals surface area (Å²) in [5.41, 5.74) is 12.0. The van der Waals surface area contributed by atoms with E-state index in [2.05, 4.69) is 193 Å². The van der Waals surface area contributed by atoms with Gasteiger partial charge in [-0.25, -0.2) is 19.8 Å². The molecule has 1 aromatic heterocycles. The average Bonchev–Trinajstić information content (AvgIpc) is 3.40. The predicted molar refractivity (Wildman–Crippen MR) is 274 cm³/mol. The van der Waals surface area contributed by atoms with E-state index in [0.717, 1.165) is 55.3 Å². The van der Waals surface area contributed by atoms with E-state index in [1.165, 1.54) is 49.0 Å². The highest BCUT2D eigenvalue weighted by Crippen LogP contribution is 2.40. The molecule has 0 unspecified atom stereocenters. The molecule has 12 rings (SSSR count). The van der Waals surface area contributed by atoms with Crippen molar-refractivity contribution >= 4 is 48.8 Å². The number of fused-ring (bicyclic) bond motifs is 6. The zero-order chi connectivity index (χ0) is 44.0. The van der Waals surface area contributed by atoms with Crippen molar-refractivity contribution in [2.24, 2.45) is 0 Å². The van der Waals surface area contributed by atoms with Crippen LogP contribution in [0.15, 0.2) is 231 Å². The molecule has 0 fully saturated rings. The standard InChI is InChI=1S/C62H38N4/c1-63-49-38-47(40-25-29-44(30-26-40)52-19-9-10-20-53(52)56-23-11-21-54-50-17-7-5-13-42(50)33-35-57(54)56)37-48(39-49)41-27-31-46(32-28-41)61-64-60(45-15-3-2-4-16-45)65-62(66-61)59-24-12-22-55-51-18-8-6-14-43(51)34-36-58(55)59/h2-39H. The lowest BCUT2D eigenvalue weighted by Crippen LogP contribution is -2.00. The molecule has 0 aliphatic rings. The van der Waals surface area contributed by atoms with Gasteiger partial charge in [-0.15, -0.1) is 0 Å². The van der Waals surface area contributed by atoms with E-state index in [-0.39, 0.29) is 0 Å². The van der Waals surface area contributed by atoms with E-state index < -0.39 is 0 Å². The first-order chi connectivity index (χ1) is 32.6.